The number of benzene rings is 1. The van der Waals surface area contributed by atoms with Crippen molar-refractivity contribution in [3.05, 3.63) is 28.6 Å². The maximum Gasteiger partial charge on any atom is 0.192 e. The van der Waals surface area contributed by atoms with Crippen LogP contribution in [0.25, 0.3) is 0 Å². The molecule has 0 amide bonds. The highest BCUT2D eigenvalue weighted by atomic mass is 16.8. The molecule has 1 rings (SSSR count). The van der Waals surface area contributed by atoms with Crippen molar-refractivity contribution in [2.45, 2.75) is 6.92 Å². The molecule has 0 heterocycles. The predicted molar refractivity (Wildman–Crippen MR) is 65.4 cm³/mol. The molecule has 9 nitrogen and oxygen atoms in total. The molecule has 9 heteroatoms. The number of nitrogens with one attached hydrogen (secondary N) is 1. The summed E-state index contributed by atoms with van der Waals surface area (Å²) in [7, 11) is 0. The lowest BCUT2D eigenvalue weighted by Crippen LogP contribution is -2.14. The van der Waals surface area contributed by atoms with E-state index < -0.39 is 5.23 Å². The van der Waals surface area contributed by atoms with Crippen LogP contribution in [0.5, 0.6) is 0 Å². The number of hydrazone groups is 1. The van der Waals surface area contributed by atoms with Crippen LogP contribution in [0.2, 0.25) is 0 Å². The SMILES string of the molecule is CCOC=NNc1ccc(N([O-])[O-])cc1N(O)O. The summed E-state index contributed by atoms with van der Waals surface area (Å²) in [5, 5.41) is 41.7. The van der Waals surface area contributed by atoms with Gasteiger partial charge < -0.3 is 20.4 Å². The van der Waals surface area contributed by atoms with E-state index in [1.807, 2.05) is 0 Å². The molecule has 0 unspecified atom stereocenters. The van der Waals surface area contributed by atoms with E-state index in [1.165, 1.54) is 12.1 Å². The van der Waals surface area contributed by atoms with Crippen LogP contribution in [0.3, 0.4) is 0 Å². The Bertz CT molecular complexity index is 410. The Balaban J connectivity index is 2.90. The molecular formula is C9H12N4O5-2. The number of hydrogen-bond donors (Lipinski definition) is 3. The zero-order chi connectivity index (χ0) is 13.5. The first-order chi connectivity index (χ1) is 8.56. The average molecular weight is 256 g/mol. The molecule has 0 aliphatic heterocycles. The van der Waals surface area contributed by atoms with Gasteiger partial charge in [0.15, 0.2) is 6.40 Å². The molecular weight excluding hydrogens is 244 g/mol. The first kappa shape index (κ1) is 14.0. The van der Waals surface area contributed by atoms with Crippen molar-refractivity contribution in [2.24, 2.45) is 5.10 Å². The van der Waals surface area contributed by atoms with E-state index in [2.05, 4.69) is 10.5 Å². The van der Waals surface area contributed by atoms with Crippen molar-refractivity contribution >= 4 is 23.5 Å². The fourth-order valence-corrected chi connectivity index (χ4v) is 1.10. The van der Waals surface area contributed by atoms with Crippen molar-refractivity contribution < 1.29 is 15.2 Å². The van der Waals surface area contributed by atoms with Crippen molar-refractivity contribution in [1.29, 1.82) is 0 Å². The van der Waals surface area contributed by atoms with Crippen LogP contribution >= 0.6 is 0 Å². The summed E-state index contributed by atoms with van der Waals surface area (Å²) in [6.07, 6.45) is 1.13. The molecule has 0 aliphatic carbocycles. The first-order valence-electron chi connectivity index (χ1n) is 4.91. The quantitative estimate of drug-likeness (QED) is 0.396. The van der Waals surface area contributed by atoms with Crippen LogP contribution in [0.4, 0.5) is 17.1 Å². The second kappa shape index (κ2) is 6.61. The topological polar surface area (TPSA) is 127 Å². The zero-order valence-electron chi connectivity index (χ0n) is 9.48. The third kappa shape index (κ3) is 3.75. The Morgan fingerprint density at radius 1 is 1.44 bits per heavy atom. The van der Waals surface area contributed by atoms with Gasteiger partial charge in [-0.25, -0.2) is 0 Å². The largest absolute Gasteiger partial charge is 0.769 e. The molecule has 3 N–H and O–H groups in total. The van der Waals surface area contributed by atoms with Crippen LogP contribution in [0.1, 0.15) is 6.92 Å². The fourth-order valence-electron chi connectivity index (χ4n) is 1.10. The van der Waals surface area contributed by atoms with E-state index in [-0.39, 0.29) is 22.3 Å². The van der Waals surface area contributed by atoms with Gasteiger partial charge in [0, 0.05) is 5.69 Å². The summed E-state index contributed by atoms with van der Waals surface area (Å²) >= 11 is 0. The molecule has 0 radical (unpaired) electrons. The highest BCUT2D eigenvalue weighted by Crippen LogP contribution is 2.29. The Labute approximate surface area is 103 Å². The van der Waals surface area contributed by atoms with E-state index in [0.717, 1.165) is 12.5 Å². The first-order valence-corrected chi connectivity index (χ1v) is 4.91. The number of nitrogens with zero attached hydrogens (tertiary/aromatic N) is 3. The molecule has 0 saturated carbocycles. The number of hydrogen-bond acceptors (Lipinski definition) is 9. The molecule has 0 bridgehead atoms. The number of ether oxygens (including phenoxy) is 1. The van der Waals surface area contributed by atoms with Gasteiger partial charge in [0.05, 0.1) is 12.3 Å². The third-order valence-corrected chi connectivity index (χ3v) is 1.89. The minimum Gasteiger partial charge on any atom is -0.769 e. The van der Waals surface area contributed by atoms with Gasteiger partial charge in [-0.15, -0.1) is 10.3 Å². The van der Waals surface area contributed by atoms with E-state index >= 15 is 0 Å². The molecule has 0 aromatic heterocycles. The summed E-state index contributed by atoms with van der Waals surface area (Å²) < 4.78 is 4.82. The predicted octanol–water partition coefficient (Wildman–Crippen LogP) is 1.47. The molecule has 0 fully saturated rings. The molecule has 0 atom stereocenters. The molecule has 0 spiro atoms. The van der Waals surface area contributed by atoms with Crippen LogP contribution in [0, 0.1) is 10.4 Å². The molecule has 100 valence electrons. The highest BCUT2D eigenvalue weighted by Gasteiger charge is 2.07. The molecule has 1 aromatic rings. The summed E-state index contributed by atoms with van der Waals surface area (Å²) in [5.74, 6) is 0. The summed E-state index contributed by atoms with van der Waals surface area (Å²) in [6, 6.07) is 3.47. The lowest BCUT2D eigenvalue weighted by Gasteiger charge is -2.37. The van der Waals surface area contributed by atoms with Crippen LogP contribution in [-0.2, 0) is 4.74 Å². The van der Waals surface area contributed by atoms with Gasteiger partial charge in [-0.2, -0.15) is 0 Å². The minimum atomic E-state index is -0.653. The van der Waals surface area contributed by atoms with Gasteiger partial charge in [-0.3, -0.25) is 15.8 Å². The maximum absolute atomic E-state index is 10.5. The van der Waals surface area contributed by atoms with Crippen LogP contribution in [-0.4, -0.2) is 23.4 Å². The van der Waals surface area contributed by atoms with Gasteiger partial charge in [0.1, 0.15) is 5.69 Å². The maximum atomic E-state index is 10.5. The van der Waals surface area contributed by atoms with E-state index in [1.54, 1.807) is 6.92 Å². The van der Waals surface area contributed by atoms with Gasteiger partial charge >= 0.3 is 0 Å². The van der Waals surface area contributed by atoms with Crippen molar-refractivity contribution in [3.63, 3.8) is 0 Å². The van der Waals surface area contributed by atoms with E-state index in [9.17, 15) is 10.4 Å². The standard InChI is InChI=1S/C9H12N4O5/c1-2-18-6-10-11-8-4-3-7(12(14)15)5-9(8)13(16)17/h3-6,11,16-17H,2H2,1H3/q-2. The third-order valence-electron chi connectivity index (χ3n) is 1.89. The fraction of sp³-hybridized carbons (Fsp3) is 0.222. The van der Waals surface area contributed by atoms with Crippen LogP contribution in [0.15, 0.2) is 23.3 Å². The van der Waals surface area contributed by atoms with Gasteiger partial charge in [0.25, 0.3) is 0 Å². The van der Waals surface area contributed by atoms with Crippen molar-refractivity contribution in [3.8, 4) is 0 Å². The van der Waals surface area contributed by atoms with E-state index in [0.29, 0.717) is 6.61 Å². The lowest BCUT2D eigenvalue weighted by molar-refractivity contribution is 0.0295. The lowest BCUT2D eigenvalue weighted by atomic mass is 10.2. The molecule has 18 heavy (non-hydrogen) atoms. The van der Waals surface area contributed by atoms with Gasteiger partial charge in [-0.05, 0) is 25.1 Å². The summed E-state index contributed by atoms with van der Waals surface area (Å²) in [6.45, 7) is 2.21. The Morgan fingerprint density at radius 2 is 2.17 bits per heavy atom. The highest BCUT2D eigenvalue weighted by molar-refractivity contribution is 5.74. The molecule has 0 aliphatic rings. The van der Waals surface area contributed by atoms with Crippen molar-refractivity contribution in [2.75, 3.05) is 22.5 Å². The number of rotatable bonds is 6. The molecule has 1 aromatic carbocycles. The monoisotopic (exact) mass is 256 g/mol. The van der Waals surface area contributed by atoms with E-state index in [4.69, 9.17) is 15.2 Å². The smallest absolute Gasteiger partial charge is 0.192 e. The summed E-state index contributed by atoms with van der Waals surface area (Å²) in [5.41, 5.74) is 2.13. The van der Waals surface area contributed by atoms with Gasteiger partial charge in [0.2, 0.25) is 0 Å². The minimum absolute atomic E-state index is 0.168. The molecule has 0 saturated heterocycles. The zero-order valence-corrected chi connectivity index (χ0v) is 9.48. The second-order valence-electron chi connectivity index (χ2n) is 3.05. The normalized spacial score (nSPS) is 10.5. The average Bonchev–Trinajstić information content (AvgIpc) is 2.34. The second-order valence-corrected chi connectivity index (χ2v) is 3.05. The van der Waals surface area contributed by atoms with Gasteiger partial charge in [-0.1, -0.05) is 0 Å². The number of anilines is 3. The Kier molecular flexibility index (Phi) is 5.14. The Hall–Kier alpha value is -2.07. The van der Waals surface area contributed by atoms with Crippen molar-refractivity contribution in [1.82, 2.24) is 0 Å². The van der Waals surface area contributed by atoms with Crippen LogP contribution < -0.4 is 15.9 Å². The Morgan fingerprint density at radius 3 is 2.72 bits per heavy atom. The summed E-state index contributed by atoms with van der Waals surface area (Å²) in [4.78, 5) is 0.